The molecule has 1 unspecified atom stereocenters. The Bertz CT molecular complexity index is 113. The second kappa shape index (κ2) is 4.33. The fourth-order valence-corrected chi connectivity index (χ4v) is 1.49. The minimum Gasteiger partial charge on any atom is -0.355 e. The highest BCUT2D eigenvalue weighted by Crippen LogP contribution is 2.48. The van der Waals surface area contributed by atoms with Crippen LogP contribution < -0.4 is 0 Å². The molecule has 1 saturated heterocycles. The first-order chi connectivity index (χ1) is 5.27. The van der Waals surface area contributed by atoms with Gasteiger partial charge in [-0.1, -0.05) is 32.6 Å². The van der Waals surface area contributed by atoms with E-state index in [0.717, 1.165) is 12.8 Å². The largest absolute Gasteiger partial charge is 0.355 e. The molecule has 0 saturated carbocycles. The van der Waals surface area contributed by atoms with E-state index in [1.807, 2.05) is 0 Å². The van der Waals surface area contributed by atoms with Crippen molar-refractivity contribution in [3.05, 3.63) is 0 Å². The van der Waals surface area contributed by atoms with Gasteiger partial charge in [-0.3, -0.25) is 4.18 Å². The van der Waals surface area contributed by atoms with E-state index in [-0.39, 0.29) is 0 Å². The lowest BCUT2D eigenvalue weighted by Gasteiger charge is -2.00. The van der Waals surface area contributed by atoms with E-state index in [1.54, 1.807) is 0 Å². The monoisotopic (exact) mass is 176 g/mol. The highest BCUT2D eigenvalue weighted by Gasteiger charge is 2.44. The number of rotatable bonds is 6. The summed E-state index contributed by atoms with van der Waals surface area (Å²) in [4.78, 5) is 0. The third kappa shape index (κ3) is 3.99. The van der Waals surface area contributed by atoms with Gasteiger partial charge in [0.25, 0.3) is 5.12 Å². The fraction of sp³-hybridized carbons (Fsp3) is 1.00. The molecular weight excluding hydrogens is 160 g/mol. The minimum atomic E-state index is -0.786. The summed E-state index contributed by atoms with van der Waals surface area (Å²) in [6.45, 7) is 2.20. The summed E-state index contributed by atoms with van der Waals surface area (Å²) in [6.07, 6.45) is 6.98. The molecule has 1 aliphatic rings. The Kier molecular flexibility index (Phi) is 3.69. The van der Waals surface area contributed by atoms with Crippen molar-refractivity contribution in [1.29, 1.82) is 0 Å². The smallest absolute Gasteiger partial charge is 0.253 e. The molecule has 1 fully saturated rings. The van der Waals surface area contributed by atoms with Gasteiger partial charge in [-0.25, -0.2) is 0 Å². The molecule has 0 aromatic carbocycles. The molecule has 0 spiro atoms. The van der Waals surface area contributed by atoms with Crippen molar-refractivity contribution in [2.45, 2.75) is 50.6 Å². The van der Waals surface area contributed by atoms with E-state index in [9.17, 15) is 5.11 Å². The Hall–Kier alpha value is 0.270. The van der Waals surface area contributed by atoms with Crippen LogP contribution in [0.15, 0.2) is 0 Å². The molecule has 11 heavy (non-hydrogen) atoms. The summed E-state index contributed by atoms with van der Waals surface area (Å²) >= 11 is 1.19. The molecular formula is C8H16O2S. The minimum absolute atomic E-state index is 0.786. The van der Waals surface area contributed by atoms with Crippen molar-refractivity contribution in [1.82, 2.24) is 0 Å². The van der Waals surface area contributed by atoms with Crippen LogP contribution >= 0.6 is 12.0 Å². The van der Waals surface area contributed by atoms with Crippen LogP contribution in [0.1, 0.15) is 45.4 Å². The molecule has 66 valence electrons. The van der Waals surface area contributed by atoms with Crippen LogP contribution in [0, 0.1) is 0 Å². The topological polar surface area (TPSA) is 32.8 Å². The van der Waals surface area contributed by atoms with Gasteiger partial charge < -0.3 is 5.11 Å². The predicted molar refractivity (Wildman–Crippen MR) is 47.0 cm³/mol. The summed E-state index contributed by atoms with van der Waals surface area (Å²) in [5.74, 6) is 0. The highest BCUT2D eigenvalue weighted by molar-refractivity contribution is 8.01. The molecule has 2 nitrogen and oxygen atoms in total. The molecule has 1 aliphatic heterocycles. The Morgan fingerprint density at radius 1 is 1.27 bits per heavy atom. The Morgan fingerprint density at radius 3 is 2.45 bits per heavy atom. The van der Waals surface area contributed by atoms with Crippen molar-refractivity contribution in [3.63, 3.8) is 0 Å². The first kappa shape index (κ1) is 9.36. The van der Waals surface area contributed by atoms with Crippen LogP contribution in [0.4, 0.5) is 0 Å². The van der Waals surface area contributed by atoms with Gasteiger partial charge in [-0.2, -0.15) is 0 Å². The molecule has 0 aromatic rings. The van der Waals surface area contributed by atoms with Crippen LogP contribution in [-0.2, 0) is 4.18 Å². The maximum Gasteiger partial charge on any atom is 0.253 e. The zero-order chi connectivity index (χ0) is 8.16. The molecule has 0 radical (unpaired) electrons. The Morgan fingerprint density at radius 2 is 1.91 bits per heavy atom. The standard InChI is InChI=1S/C8H16O2S/c1-2-3-4-5-6-7-8(9)10-11-8/h9H,2-7H2,1H3. The van der Waals surface area contributed by atoms with E-state index < -0.39 is 5.12 Å². The second-order valence-electron chi connectivity index (χ2n) is 3.04. The van der Waals surface area contributed by atoms with Gasteiger partial charge in [0.2, 0.25) is 0 Å². The molecule has 0 aliphatic carbocycles. The summed E-state index contributed by atoms with van der Waals surface area (Å²) in [6, 6.07) is 0. The molecule has 1 atom stereocenters. The molecule has 0 bridgehead atoms. The van der Waals surface area contributed by atoms with Crippen LogP contribution in [0.2, 0.25) is 0 Å². The van der Waals surface area contributed by atoms with Crippen molar-refractivity contribution in [3.8, 4) is 0 Å². The normalized spacial score (nSPS) is 28.9. The van der Waals surface area contributed by atoms with Gasteiger partial charge in [0.15, 0.2) is 0 Å². The molecule has 1 N–H and O–H groups in total. The van der Waals surface area contributed by atoms with Crippen LogP contribution in [0.3, 0.4) is 0 Å². The average molecular weight is 176 g/mol. The first-order valence-corrected chi connectivity index (χ1v) is 5.10. The van der Waals surface area contributed by atoms with Crippen LogP contribution in [0.25, 0.3) is 0 Å². The summed E-state index contributed by atoms with van der Waals surface area (Å²) in [5.41, 5.74) is 0. The van der Waals surface area contributed by atoms with Crippen molar-refractivity contribution >= 4 is 12.0 Å². The van der Waals surface area contributed by atoms with E-state index >= 15 is 0 Å². The molecule has 3 heteroatoms. The number of aliphatic hydroxyl groups is 1. The number of hydrogen-bond donors (Lipinski definition) is 1. The van der Waals surface area contributed by atoms with Gasteiger partial charge >= 0.3 is 0 Å². The van der Waals surface area contributed by atoms with Crippen LogP contribution in [-0.4, -0.2) is 10.2 Å². The highest BCUT2D eigenvalue weighted by atomic mass is 32.2. The van der Waals surface area contributed by atoms with Crippen molar-refractivity contribution < 1.29 is 9.29 Å². The van der Waals surface area contributed by atoms with E-state index in [4.69, 9.17) is 4.18 Å². The van der Waals surface area contributed by atoms with Crippen molar-refractivity contribution in [2.75, 3.05) is 0 Å². The molecule has 0 amide bonds. The second-order valence-corrected chi connectivity index (χ2v) is 4.01. The van der Waals surface area contributed by atoms with E-state index in [0.29, 0.717) is 0 Å². The Labute approximate surface area is 72.5 Å². The maximum absolute atomic E-state index is 9.23. The average Bonchev–Trinajstić information content (AvgIpc) is 2.69. The van der Waals surface area contributed by atoms with Gasteiger partial charge in [-0.05, 0) is 6.42 Å². The predicted octanol–water partition coefficient (Wildman–Crippen LogP) is 2.67. The first-order valence-electron chi connectivity index (χ1n) is 4.36. The van der Waals surface area contributed by atoms with Gasteiger partial charge in [0.1, 0.15) is 0 Å². The zero-order valence-electron chi connectivity index (χ0n) is 7.01. The Balaban J connectivity index is 1.81. The maximum atomic E-state index is 9.23. The van der Waals surface area contributed by atoms with Gasteiger partial charge in [-0.15, -0.1) is 0 Å². The lowest BCUT2D eigenvalue weighted by Crippen LogP contribution is -2.04. The lowest BCUT2D eigenvalue weighted by atomic mass is 10.1. The quantitative estimate of drug-likeness (QED) is 0.383. The summed E-state index contributed by atoms with van der Waals surface area (Å²) in [5, 5.41) is 8.44. The molecule has 1 rings (SSSR count). The SMILES string of the molecule is CCCCCCCC1(O)OS1. The van der Waals surface area contributed by atoms with Crippen molar-refractivity contribution in [2.24, 2.45) is 0 Å². The lowest BCUT2D eigenvalue weighted by molar-refractivity contribution is 0.0269. The summed E-state index contributed by atoms with van der Waals surface area (Å²) < 4.78 is 4.77. The van der Waals surface area contributed by atoms with E-state index in [1.165, 1.54) is 37.7 Å². The third-order valence-corrected chi connectivity index (χ3v) is 2.63. The summed E-state index contributed by atoms with van der Waals surface area (Å²) in [7, 11) is 0. The number of unbranched alkanes of at least 4 members (excludes halogenated alkanes) is 4. The van der Waals surface area contributed by atoms with Gasteiger partial charge in [0.05, 0.1) is 12.0 Å². The molecule has 0 aromatic heterocycles. The third-order valence-electron chi connectivity index (χ3n) is 1.87. The zero-order valence-corrected chi connectivity index (χ0v) is 7.82. The molecule has 1 heterocycles. The van der Waals surface area contributed by atoms with Gasteiger partial charge in [0, 0.05) is 6.42 Å². The van der Waals surface area contributed by atoms with Crippen LogP contribution in [0.5, 0.6) is 0 Å². The van der Waals surface area contributed by atoms with E-state index in [2.05, 4.69) is 6.92 Å². The number of hydrogen-bond acceptors (Lipinski definition) is 3. The fourth-order valence-electron chi connectivity index (χ4n) is 1.08.